The molecule has 4 aromatic rings. The van der Waals surface area contributed by atoms with Crippen molar-refractivity contribution in [3.8, 4) is 11.4 Å². The number of benzene rings is 2. The average molecular weight is 489 g/mol. The zero-order chi connectivity index (χ0) is 25.2. The minimum Gasteiger partial charge on any atom is -0.368 e. The van der Waals surface area contributed by atoms with Crippen molar-refractivity contribution in [1.82, 2.24) is 24.3 Å². The molecule has 8 nitrogen and oxygen atoms in total. The molecule has 9 heteroatoms. The monoisotopic (exact) mass is 488 g/mol. The molecule has 0 aliphatic rings. The minimum absolute atomic E-state index is 0.0574. The van der Waals surface area contributed by atoms with Gasteiger partial charge < -0.3 is 5.73 Å². The highest BCUT2D eigenvalue weighted by Gasteiger charge is 2.18. The second-order valence-electron chi connectivity index (χ2n) is 9.22. The predicted molar refractivity (Wildman–Crippen MR) is 139 cm³/mol. The molecule has 4 rings (SSSR count). The molecule has 0 atom stereocenters. The summed E-state index contributed by atoms with van der Waals surface area (Å²) in [5, 5.41) is 9.93. The van der Waals surface area contributed by atoms with E-state index in [0.29, 0.717) is 34.2 Å². The van der Waals surface area contributed by atoms with Crippen LogP contribution in [0.5, 0.6) is 0 Å². The number of carbonyl (C=O) groups excluding carboxylic acids is 1. The van der Waals surface area contributed by atoms with Gasteiger partial charge in [0, 0.05) is 12.1 Å². The molecule has 0 fully saturated rings. The van der Waals surface area contributed by atoms with Crippen LogP contribution in [0, 0.1) is 0 Å². The fourth-order valence-corrected chi connectivity index (χ4v) is 4.69. The number of nitrogens with zero attached hydrogens (tertiary/aromatic N) is 5. The van der Waals surface area contributed by atoms with Gasteiger partial charge in [-0.3, -0.25) is 18.7 Å². The van der Waals surface area contributed by atoms with Crippen molar-refractivity contribution in [3.63, 3.8) is 0 Å². The van der Waals surface area contributed by atoms with Crippen molar-refractivity contribution in [1.29, 1.82) is 0 Å². The van der Waals surface area contributed by atoms with E-state index in [0.717, 1.165) is 11.4 Å². The molecular formula is C26H28N6O2S. The standard InChI is InChI=1S/C26H28N6O2S/c1-5-14-31-23(17-10-12-18(13-11-17)26(2,3)4)29-30-25(31)35-16-22-28-20-9-7-6-8-19(20)24(34)32(22)15-21(27)33/h5-13H,1,14-16H2,2-4H3,(H2,27,33). The number of para-hydroxylation sites is 1. The molecule has 180 valence electrons. The number of amides is 1. The molecule has 2 aromatic carbocycles. The zero-order valence-electron chi connectivity index (χ0n) is 20.1. The van der Waals surface area contributed by atoms with Crippen molar-refractivity contribution < 1.29 is 4.79 Å². The normalized spacial score (nSPS) is 11.6. The lowest BCUT2D eigenvalue weighted by Gasteiger charge is -2.19. The van der Waals surface area contributed by atoms with Crippen LogP contribution in [-0.2, 0) is 29.1 Å². The maximum absolute atomic E-state index is 13.0. The smallest absolute Gasteiger partial charge is 0.261 e. The first-order chi connectivity index (χ1) is 16.7. The highest BCUT2D eigenvalue weighted by atomic mass is 32.2. The lowest BCUT2D eigenvalue weighted by Crippen LogP contribution is -2.31. The summed E-state index contributed by atoms with van der Waals surface area (Å²) in [5.41, 5.74) is 7.93. The van der Waals surface area contributed by atoms with Crippen molar-refractivity contribution in [2.24, 2.45) is 5.73 Å². The number of aromatic nitrogens is 5. The Kier molecular flexibility index (Phi) is 6.88. The molecular weight excluding hydrogens is 460 g/mol. The highest BCUT2D eigenvalue weighted by molar-refractivity contribution is 7.98. The van der Waals surface area contributed by atoms with Gasteiger partial charge in [-0.15, -0.1) is 16.8 Å². The summed E-state index contributed by atoms with van der Waals surface area (Å²) in [4.78, 5) is 29.3. The van der Waals surface area contributed by atoms with Gasteiger partial charge in [-0.05, 0) is 23.1 Å². The Hall–Kier alpha value is -3.72. The Bertz CT molecular complexity index is 1450. The molecule has 0 saturated carbocycles. The Morgan fingerprint density at radius 1 is 1.09 bits per heavy atom. The van der Waals surface area contributed by atoms with Crippen LogP contribution in [0.25, 0.3) is 22.3 Å². The number of carbonyl (C=O) groups is 1. The number of fused-ring (bicyclic) bond motifs is 1. The largest absolute Gasteiger partial charge is 0.368 e. The van der Waals surface area contributed by atoms with Crippen molar-refractivity contribution in [2.45, 2.75) is 50.2 Å². The lowest BCUT2D eigenvalue weighted by atomic mass is 9.87. The number of hydrogen-bond donors (Lipinski definition) is 1. The van der Waals surface area contributed by atoms with Gasteiger partial charge in [0.25, 0.3) is 5.56 Å². The molecule has 0 unspecified atom stereocenters. The molecule has 0 spiro atoms. The van der Waals surface area contributed by atoms with Gasteiger partial charge in [-0.1, -0.05) is 75.0 Å². The van der Waals surface area contributed by atoms with Gasteiger partial charge in [-0.2, -0.15) is 0 Å². The van der Waals surface area contributed by atoms with Crippen LogP contribution in [-0.4, -0.2) is 30.2 Å². The first-order valence-corrected chi connectivity index (χ1v) is 12.2. The first-order valence-electron chi connectivity index (χ1n) is 11.2. The second-order valence-corrected chi connectivity index (χ2v) is 10.2. The molecule has 2 N–H and O–H groups in total. The molecule has 2 aromatic heterocycles. The van der Waals surface area contributed by atoms with E-state index in [1.54, 1.807) is 24.3 Å². The zero-order valence-corrected chi connectivity index (χ0v) is 20.9. The summed E-state index contributed by atoms with van der Waals surface area (Å²) in [6, 6.07) is 15.4. The number of rotatable bonds is 8. The molecule has 0 saturated heterocycles. The predicted octanol–water partition coefficient (Wildman–Crippen LogP) is 3.92. The van der Waals surface area contributed by atoms with Crippen LogP contribution < -0.4 is 11.3 Å². The third-order valence-corrected chi connectivity index (χ3v) is 6.59. The van der Waals surface area contributed by atoms with E-state index in [1.165, 1.54) is 21.9 Å². The molecule has 1 amide bonds. The Labute approximate surface area is 207 Å². The summed E-state index contributed by atoms with van der Waals surface area (Å²) in [6.45, 7) is 10.7. The van der Waals surface area contributed by atoms with Crippen molar-refractivity contribution in [2.75, 3.05) is 0 Å². The third-order valence-electron chi connectivity index (χ3n) is 5.62. The van der Waals surface area contributed by atoms with Crippen LogP contribution in [0.1, 0.15) is 32.2 Å². The van der Waals surface area contributed by atoms with E-state index in [1.807, 2.05) is 22.8 Å². The van der Waals surface area contributed by atoms with Gasteiger partial charge in [-0.25, -0.2) is 4.98 Å². The number of allylic oxidation sites excluding steroid dienone is 1. The van der Waals surface area contributed by atoms with Crippen LogP contribution in [0.3, 0.4) is 0 Å². The second kappa shape index (κ2) is 9.87. The maximum Gasteiger partial charge on any atom is 0.261 e. The number of hydrogen-bond acceptors (Lipinski definition) is 6. The van der Waals surface area contributed by atoms with Gasteiger partial charge >= 0.3 is 0 Å². The third kappa shape index (κ3) is 5.19. The molecule has 0 radical (unpaired) electrons. The topological polar surface area (TPSA) is 109 Å². The summed E-state index contributed by atoms with van der Waals surface area (Å²) >= 11 is 1.39. The van der Waals surface area contributed by atoms with Gasteiger partial charge in [0.2, 0.25) is 5.91 Å². The van der Waals surface area contributed by atoms with Crippen LogP contribution in [0.2, 0.25) is 0 Å². The summed E-state index contributed by atoms with van der Waals surface area (Å²) in [5.74, 6) is 0.882. The average Bonchev–Trinajstić information content (AvgIpc) is 3.22. The number of primary amides is 1. The number of thioether (sulfide) groups is 1. The molecule has 0 aliphatic heterocycles. The van der Waals surface area contributed by atoms with Gasteiger partial charge in [0.05, 0.1) is 16.7 Å². The molecule has 0 aliphatic carbocycles. The van der Waals surface area contributed by atoms with Crippen molar-refractivity contribution >= 4 is 28.6 Å². The quantitative estimate of drug-likeness (QED) is 0.297. The van der Waals surface area contributed by atoms with Crippen LogP contribution in [0.15, 0.2) is 71.1 Å². The lowest BCUT2D eigenvalue weighted by molar-refractivity contribution is -0.118. The molecule has 35 heavy (non-hydrogen) atoms. The fraction of sp³-hybridized carbons (Fsp3) is 0.269. The maximum atomic E-state index is 13.0. The van der Waals surface area contributed by atoms with Crippen molar-refractivity contribution in [3.05, 3.63) is 82.9 Å². The minimum atomic E-state index is -0.605. The highest BCUT2D eigenvalue weighted by Crippen LogP contribution is 2.29. The Morgan fingerprint density at radius 2 is 1.80 bits per heavy atom. The Balaban J connectivity index is 1.68. The van der Waals surface area contributed by atoms with Crippen LogP contribution >= 0.6 is 11.8 Å². The van der Waals surface area contributed by atoms with Crippen LogP contribution in [0.4, 0.5) is 0 Å². The van der Waals surface area contributed by atoms with E-state index in [9.17, 15) is 9.59 Å². The summed E-state index contributed by atoms with van der Waals surface area (Å²) in [7, 11) is 0. The Morgan fingerprint density at radius 3 is 2.46 bits per heavy atom. The SMILES string of the molecule is C=CCn1c(SCc2nc3ccccc3c(=O)n2CC(N)=O)nnc1-c1ccc(C(C)(C)C)cc1. The summed E-state index contributed by atoms with van der Waals surface area (Å²) in [6.07, 6.45) is 1.79. The van der Waals surface area contributed by atoms with E-state index in [2.05, 4.69) is 54.7 Å². The van der Waals surface area contributed by atoms with E-state index < -0.39 is 5.91 Å². The van der Waals surface area contributed by atoms with E-state index >= 15 is 0 Å². The van der Waals surface area contributed by atoms with Gasteiger partial charge in [0.1, 0.15) is 12.4 Å². The molecule has 0 bridgehead atoms. The first kappa shape index (κ1) is 24.4. The van der Waals surface area contributed by atoms with E-state index in [4.69, 9.17) is 5.73 Å². The summed E-state index contributed by atoms with van der Waals surface area (Å²) < 4.78 is 3.30. The fourth-order valence-electron chi connectivity index (χ4n) is 3.79. The number of nitrogens with two attached hydrogens (primary N) is 1. The molecule has 2 heterocycles. The van der Waals surface area contributed by atoms with Gasteiger partial charge in [0.15, 0.2) is 11.0 Å². The van der Waals surface area contributed by atoms with E-state index in [-0.39, 0.29) is 17.5 Å².